The van der Waals surface area contributed by atoms with Crippen LogP contribution in [0.3, 0.4) is 0 Å². The molecule has 0 bridgehead atoms. The maximum Gasteiger partial charge on any atom is 0.123 e. The van der Waals surface area contributed by atoms with Crippen molar-refractivity contribution in [3.05, 3.63) is 29.6 Å². The fraction of sp³-hybridized carbons (Fsp3) is 0.571. The van der Waals surface area contributed by atoms with Crippen LogP contribution in [-0.2, 0) is 6.42 Å². The van der Waals surface area contributed by atoms with Crippen molar-refractivity contribution >= 4 is 0 Å². The first-order chi connectivity index (χ1) is 8.69. The molecule has 0 aliphatic carbocycles. The monoisotopic (exact) mass is 252 g/mol. The Balaban J connectivity index is 1.94. The van der Waals surface area contributed by atoms with Crippen LogP contribution in [0.1, 0.15) is 12.0 Å². The van der Waals surface area contributed by atoms with Crippen LogP contribution in [0.15, 0.2) is 18.2 Å². The average Bonchev–Trinajstić information content (AvgIpc) is 2.37. The van der Waals surface area contributed by atoms with Gasteiger partial charge in [0.1, 0.15) is 11.6 Å². The van der Waals surface area contributed by atoms with Gasteiger partial charge in [-0.2, -0.15) is 0 Å². The van der Waals surface area contributed by atoms with Gasteiger partial charge in [0, 0.05) is 25.7 Å². The molecular weight excluding hydrogens is 231 g/mol. The summed E-state index contributed by atoms with van der Waals surface area (Å²) < 4.78 is 18.5. The third-order valence-electron chi connectivity index (χ3n) is 3.46. The Kier molecular flexibility index (Phi) is 4.55. The minimum atomic E-state index is -0.195. The molecule has 1 atom stereocenters. The minimum Gasteiger partial charge on any atom is -0.496 e. The highest BCUT2D eigenvalue weighted by atomic mass is 19.1. The molecule has 4 heteroatoms. The summed E-state index contributed by atoms with van der Waals surface area (Å²) in [6, 6.07) is 5.20. The van der Waals surface area contributed by atoms with Crippen molar-refractivity contribution in [1.29, 1.82) is 0 Å². The van der Waals surface area contributed by atoms with Gasteiger partial charge in [-0.3, -0.25) is 0 Å². The number of methoxy groups -OCH3 is 1. The number of hydrogen-bond acceptors (Lipinski definition) is 3. The predicted octanol–water partition coefficient (Wildman–Crippen LogP) is 1.67. The Bertz CT molecular complexity index is 397. The number of likely N-dealkylation sites (N-methyl/N-ethyl adjacent to an activating group) is 1. The van der Waals surface area contributed by atoms with Crippen LogP contribution in [0, 0.1) is 5.82 Å². The molecule has 0 saturated carbocycles. The predicted molar refractivity (Wildman–Crippen MR) is 70.6 cm³/mol. The molecule has 0 spiro atoms. The summed E-state index contributed by atoms with van der Waals surface area (Å²) in [4.78, 5) is 2.32. The van der Waals surface area contributed by atoms with Gasteiger partial charge in [-0.05, 0) is 43.7 Å². The number of rotatable bonds is 4. The third-order valence-corrected chi connectivity index (χ3v) is 3.46. The van der Waals surface area contributed by atoms with Gasteiger partial charge in [0.05, 0.1) is 7.11 Å². The Labute approximate surface area is 108 Å². The van der Waals surface area contributed by atoms with E-state index in [1.165, 1.54) is 6.07 Å². The first kappa shape index (κ1) is 13.3. The Hall–Kier alpha value is -1.13. The van der Waals surface area contributed by atoms with Crippen molar-refractivity contribution in [2.75, 3.05) is 33.8 Å². The second-order valence-electron chi connectivity index (χ2n) is 4.91. The summed E-state index contributed by atoms with van der Waals surface area (Å²) in [5.74, 6) is 0.583. The van der Waals surface area contributed by atoms with Crippen molar-refractivity contribution in [3.8, 4) is 5.75 Å². The molecule has 1 unspecified atom stereocenters. The molecule has 0 radical (unpaired) electrons. The van der Waals surface area contributed by atoms with Crippen molar-refractivity contribution < 1.29 is 9.13 Å². The van der Waals surface area contributed by atoms with Gasteiger partial charge in [0.25, 0.3) is 0 Å². The van der Waals surface area contributed by atoms with Gasteiger partial charge < -0.3 is 15.0 Å². The van der Waals surface area contributed by atoms with E-state index in [2.05, 4.69) is 17.3 Å². The maximum absolute atomic E-state index is 13.2. The van der Waals surface area contributed by atoms with Gasteiger partial charge in [-0.15, -0.1) is 0 Å². The molecule has 2 rings (SSSR count). The van der Waals surface area contributed by atoms with E-state index in [9.17, 15) is 4.39 Å². The van der Waals surface area contributed by atoms with Crippen LogP contribution in [0.25, 0.3) is 0 Å². The van der Waals surface area contributed by atoms with Gasteiger partial charge in [-0.25, -0.2) is 4.39 Å². The van der Waals surface area contributed by atoms with E-state index < -0.39 is 0 Å². The lowest BCUT2D eigenvalue weighted by Crippen LogP contribution is -2.49. The van der Waals surface area contributed by atoms with E-state index in [-0.39, 0.29) is 5.82 Å². The lowest BCUT2D eigenvalue weighted by atomic mass is 10.0. The Morgan fingerprint density at radius 3 is 3.06 bits per heavy atom. The van der Waals surface area contributed by atoms with E-state index in [1.807, 2.05) is 0 Å². The average molecular weight is 252 g/mol. The topological polar surface area (TPSA) is 24.5 Å². The number of halogens is 1. The lowest BCUT2D eigenvalue weighted by molar-refractivity contribution is 0.232. The standard InChI is InChI=1S/C14H21FN2O/c1-17-8-7-16-13(10-17)5-3-11-9-12(15)4-6-14(11)18-2/h4,6,9,13,16H,3,5,7-8,10H2,1-2H3. The van der Waals surface area contributed by atoms with Gasteiger partial charge in [0.15, 0.2) is 0 Å². The molecule has 0 amide bonds. The summed E-state index contributed by atoms with van der Waals surface area (Å²) >= 11 is 0. The second-order valence-corrected chi connectivity index (χ2v) is 4.91. The third kappa shape index (κ3) is 3.43. The van der Waals surface area contributed by atoms with Crippen LogP contribution in [0.4, 0.5) is 4.39 Å². The van der Waals surface area contributed by atoms with E-state index in [0.717, 1.165) is 43.8 Å². The first-order valence-corrected chi connectivity index (χ1v) is 6.43. The van der Waals surface area contributed by atoms with Gasteiger partial charge >= 0.3 is 0 Å². The first-order valence-electron chi connectivity index (χ1n) is 6.43. The van der Waals surface area contributed by atoms with Gasteiger partial charge in [-0.1, -0.05) is 0 Å². The Morgan fingerprint density at radius 1 is 1.50 bits per heavy atom. The molecule has 1 N–H and O–H groups in total. The molecule has 1 aliphatic rings. The second kappa shape index (κ2) is 6.16. The van der Waals surface area contributed by atoms with Crippen LogP contribution < -0.4 is 10.1 Å². The van der Waals surface area contributed by atoms with Crippen molar-refractivity contribution in [2.45, 2.75) is 18.9 Å². The molecule has 100 valence electrons. The van der Waals surface area contributed by atoms with E-state index >= 15 is 0 Å². The number of ether oxygens (including phenoxy) is 1. The van der Waals surface area contributed by atoms with Crippen LogP contribution in [0.5, 0.6) is 5.75 Å². The SMILES string of the molecule is COc1ccc(F)cc1CCC1CN(C)CCN1. The molecular formula is C14H21FN2O. The van der Waals surface area contributed by atoms with E-state index in [4.69, 9.17) is 4.74 Å². The van der Waals surface area contributed by atoms with Crippen molar-refractivity contribution in [1.82, 2.24) is 10.2 Å². The Morgan fingerprint density at radius 2 is 2.33 bits per heavy atom. The normalized spacial score (nSPS) is 20.9. The number of piperazine rings is 1. The van der Waals surface area contributed by atoms with E-state index in [1.54, 1.807) is 19.2 Å². The highest BCUT2D eigenvalue weighted by Gasteiger charge is 2.16. The molecule has 0 aromatic heterocycles. The highest BCUT2D eigenvalue weighted by molar-refractivity contribution is 5.34. The quantitative estimate of drug-likeness (QED) is 0.882. The number of aryl methyl sites for hydroxylation is 1. The summed E-state index contributed by atoms with van der Waals surface area (Å²) in [6.45, 7) is 3.18. The zero-order chi connectivity index (χ0) is 13.0. The number of nitrogens with zero attached hydrogens (tertiary/aromatic N) is 1. The molecule has 1 saturated heterocycles. The fourth-order valence-electron chi connectivity index (χ4n) is 2.46. The van der Waals surface area contributed by atoms with Crippen LogP contribution in [-0.4, -0.2) is 44.7 Å². The number of nitrogens with one attached hydrogen (secondary N) is 1. The van der Waals surface area contributed by atoms with Crippen LogP contribution >= 0.6 is 0 Å². The lowest BCUT2D eigenvalue weighted by Gasteiger charge is -2.31. The van der Waals surface area contributed by atoms with Gasteiger partial charge in [0.2, 0.25) is 0 Å². The van der Waals surface area contributed by atoms with Crippen LogP contribution in [0.2, 0.25) is 0 Å². The molecule has 1 heterocycles. The highest BCUT2D eigenvalue weighted by Crippen LogP contribution is 2.21. The zero-order valence-electron chi connectivity index (χ0n) is 11.1. The fourth-order valence-corrected chi connectivity index (χ4v) is 2.46. The summed E-state index contributed by atoms with van der Waals surface area (Å²) in [6.07, 6.45) is 1.84. The molecule has 1 fully saturated rings. The maximum atomic E-state index is 13.2. The molecule has 1 aliphatic heterocycles. The molecule has 18 heavy (non-hydrogen) atoms. The van der Waals surface area contributed by atoms with Crippen molar-refractivity contribution in [3.63, 3.8) is 0 Å². The summed E-state index contributed by atoms with van der Waals surface area (Å²) in [5.41, 5.74) is 0.951. The van der Waals surface area contributed by atoms with E-state index in [0.29, 0.717) is 6.04 Å². The number of benzene rings is 1. The zero-order valence-corrected chi connectivity index (χ0v) is 11.1. The minimum absolute atomic E-state index is 0.195. The molecule has 1 aromatic carbocycles. The molecule has 1 aromatic rings. The smallest absolute Gasteiger partial charge is 0.123 e. The largest absolute Gasteiger partial charge is 0.496 e. The summed E-state index contributed by atoms with van der Waals surface area (Å²) in [5, 5.41) is 3.50. The number of hydrogen-bond donors (Lipinski definition) is 1. The van der Waals surface area contributed by atoms with Crippen molar-refractivity contribution in [2.24, 2.45) is 0 Å². The molecule has 3 nitrogen and oxygen atoms in total. The summed E-state index contributed by atoms with van der Waals surface area (Å²) in [7, 11) is 3.76.